The Balaban J connectivity index is 1.42. The van der Waals surface area contributed by atoms with Gasteiger partial charge in [-0.3, -0.25) is 0 Å². The van der Waals surface area contributed by atoms with E-state index in [2.05, 4.69) is 48.4 Å². The first-order valence-corrected chi connectivity index (χ1v) is 14.5. The first-order valence-electron chi connectivity index (χ1n) is 10.8. The molecule has 5 nitrogen and oxygen atoms in total. The highest BCUT2D eigenvalue weighted by Crippen LogP contribution is 2.27. The first-order chi connectivity index (χ1) is 15.4. The van der Waals surface area contributed by atoms with Gasteiger partial charge in [-0.2, -0.15) is 5.10 Å². The molecule has 2 aromatic carbocycles. The summed E-state index contributed by atoms with van der Waals surface area (Å²) in [7, 11) is -1.10. The monoisotopic (exact) mass is 443 g/mol. The minimum absolute atomic E-state index is 0.440. The van der Waals surface area contributed by atoms with Crippen LogP contribution in [0, 0.1) is 0 Å². The van der Waals surface area contributed by atoms with Crippen LogP contribution in [0.5, 0.6) is 11.6 Å². The molecule has 0 fully saturated rings. The van der Waals surface area contributed by atoms with E-state index in [-0.39, 0.29) is 0 Å². The number of ether oxygens (including phenoxy) is 2. The predicted octanol–water partition coefficient (Wildman–Crippen LogP) is 6.85. The average molecular weight is 444 g/mol. The summed E-state index contributed by atoms with van der Waals surface area (Å²) in [5.41, 5.74) is 3.05. The van der Waals surface area contributed by atoms with Crippen molar-refractivity contribution in [2.24, 2.45) is 0 Å². The number of hydrogen-bond donors (Lipinski definition) is 0. The maximum atomic E-state index is 5.98. The van der Waals surface area contributed by atoms with Gasteiger partial charge < -0.3 is 9.47 Å². The molecular weight excluding hydrogens is 414 g/mol. The molecule has 0 bridgehead atoms. The summed E-state index contributed by atoms with van der Waals surface area (Å²) in [4.78, 5) is 4.50. The fourth-order valence-corrected chi connectivity index (χ4v) is 4.11. The van der Waals surface area contributed by atoms with Crippen molar-refractivity contribution >= 4 is 24.9 Å². The van der Waals surface area contributed by atoms with E-state index in [0.29, 0.717) is 12.6 Å². The number of hydrogen-bond acceptors (Lipinski definition) is 4. The van der Waals surface area contributed by atoms with Crippen LogP contribution in [-0.4, -0.2) is 29.4 Å². The average Bonchev–Trinajstić information content (AvgIpc) is 3.25. The molecule has 4 rings (SSSR count). The largest absolute Gasteiger partial charge is 0.439 e. The molecule has 0 atom stereocenters. The van der Waals surface area contributed by atoms with Crippen molar-refractivity contribution in [2.75, 3.05) is 6.61 Å². The molecule has 164 valence electrons. The number of rotatable bonds is 9. The smallest absolute Gasteiger partial charge is 0.219 e. The molecule has 2 aromatic heterocycles. The van der Waals surface area contributed by atoms with Crippen molar-refractivity contribution < 1.29 is 9.47 Å². The summed E-state index contributed by atoms with van der Waals surface area (Å²) in [6.45, 7) is 12.1. The van der Waals surface area contributed by atoms with E-state index in [1.807, 2.05) is 59.4 Å². The number of nitrogens with zero attached hydrogens (tertiary/aromatic N) is 3. The SMILES string of the molecule is C=Cc1ccc2cc(Oc3ccc(-c4ccnn4COCC[Si](C)(C)C)cn3)ccc2c1. The maximum absolute atomic E-state index is 5.98. The molecule has 0 saturated carbocycles. The van der Waals surface area contributed by atoms with Gasteiger partial charge in [0.2, 0.25) is 5.88 Å². The van der Waals surface area contributed by atoms with E-state index >= 15 is 0 Å². The zero-order valence-corrected chi connectivity index (χ0v) is 19.9. The van der Waals surface area contributed by atoms with Gasteiger partial charge in [-0.25, -0.2) is 9.67 Å². The van der Waals surface area contributed by atoms with Crippen LogP contribution in [0.1, 0.15) is 5.56 Å². The third-order valence-corrected chi connectivity index (χ3v) is 6.96. The van der Waals surface area contributed by atoms with Crippen molar-refractivity contribution in [1.29, 1.82) is 0 Å². The van der Waals surface area contributed by atoms with Gasteiger partial charge in [-0.05, 0) is 52.7 Å². The summed E-state index contributed by atoms with van der Waals surface area (Å²) in [5, 5.41) is 6.66. The Hall–Kier alpha value is -3.22. The quantitative estimate of drug-likeness (QED) is 0.210. The zero-order chi connectivity index (χ0) is 22.6. The minimum atomic E-state index is -1.10. The second-order valence-corrected chi connectivity index (χ2v) is 14.6. The summed E-state index contributed by atoms with van der Waals surface area (Å²) < 4.78 is 13.7. The lowest BCUT2D eigenvalue weighted by atomic mass is 10.1. The Morgan fingerprint density at radius 3 is 2.56 bits per heavy atom. The third-order valence-electron chi connectivity index (χ3n) is 5.25. The molecular formula is C26H29N3O2Si. The molecule has 0 amide bonds. The van der Waals surface area contributed by atoms with Gasteiger partial charge in [0.15, 0.2) is 0 Å². The lowest BCUT2D eigenvalue weighted by Gasteiger charge is -2.16. The Bertz CT molecular complexity index is 1210. The number of pyridine rings is 1. The van der Waals surface area contributed by atoms with E-state index < -0.39 is 8.07 Å². The second kappa shape index (κ2) is 9.50. The van der Waals surface area contributed by atoms with Gasteiger partial charge in [-0.15, -0.1) is 0 Å². The van der Waals surface area contributed by atoms with Crippen LogP contribution in [0.2, 0.25) is 25.7 Å². The Morgan fingerprint density at radius 1 is 1.00 bits per heavy atom. The predicted molar refractivity (Wildman–Crippen MR) is 134 cm³/mol. The van der Waals surface area contributed by atoms with Crippen LogP contribution >= 0.6 is 0 Å². The molecule has 0 radical (unpaired) electrons. The van der Waals surface area contributed by atoms with Crippen LogP contribution in [0.15, 0.2) is 73.6 Å². The lowest BCUT2D eigenvalue weighted by Crippen LogP contribution is -2.22. The Labute approximate surface area is 190 Å². The van der Waals surface area contributed by atoms with E-state index in [9.17, 15) is 0 Å². The van der Waals surface area contributed by atoms with Gasteiger partial charge in [0.1, 0.15) is 12.5 Å². The lowest BCUT2D eigenvalue weighted by molar-refractivity contribution is 0.0798. The van der Waals surface area contributed by atoms with Gasteiger partial charge in [0.05, 0.1) is 5.69 Å². The molecule has 0 spiro atoms. The minimum Gasteiger partial charge on any atom is -0.439 e. The van der Waals surface area contributed by atoms with Crippen molar-refractivity contribution in [1.82, 2.24) is 14.8 Å². The van der Waals surface area contributed by atoms with Crippen LogP contribution in [0.25, 0.3) is 28.1 Å². The number of fused-ring (bicyclic) bond motifs is 1. The molecule has 32 heavy (non-hydrogen) atoms. The Morgan fingerprint density at radius 2 is 1.81 bits per heavy atom. The fraction of sp³-hybridized carbons (Fsp3) is 0.231. The number of aromatic nitrogens is 3. The molecule has 6 heteroatoms. The van der Waals surface area contributed by atoms with Crippen LogP contribution in [0.3, 0.4) is 0 Å². The van der Waals surface area contributed by atoms with E-state index in [4.69, 9.17) is 9.47 Å². The van der Waals surface area contributed by atoms with E-state index in [1.54, 1.807) is 6.20 Å². The summed E-state index contributed by atoms with van der Waals surface area (Å²) in [6, 6.07) is 19.2. The van der Waals surface area contributed by atoms with Crippen molar-refractivity contribution in [3.05, 3.63) is 79.1 Å². The molecule has 0 aliphatic heterocycles. The van der Waals surface area contributed by atoms with Crippen LogP contribution < -0.4 is 4.74 Å². The van der Waals surface area contributed by atoms with E-state index in [0.717, 1.165) is 46.0 Å². The van der Waals surface area contributed by atoms with Gasteiger partial charge >= 0.3 is 0 Å². The maximum Gasteiger partial charge on any atom is 0.219 e. The molecule has 4 aromatic rings. The van der Waals surface area contributed by atoms with Gasteiger partial charge in [0.25, 0.3) is 0 Å². The van der Waals surface area contributed by atoms with Crippen molar-refractivity contribution in [2.45, 2.75) is 32.4 Å². The van der Waals surface area contributed by atoms with Crippen LogP contribution in [0.4, 0.5) is 0 Å². The highest BCUT2D eigenvalue weighted by Gasteiger charge is 2.13. The van der Waals surface area contributed by atoms with Crippen LogP contribution in [-0.2, 0) is 11.5 Å². The highest BCUT2D eigenvalue weighted by molar-refractivity contribution is 6.76. The number of benzene rings is 2. The first kappa shape index (κ1) is 22.0. The standard InChI is InChI=1S/C26H29N3O2Si/c1-5-20-6-7-22-17-24(10-8-21(22)16-20)31-26-11-9-23(18-27-26)25-12-13-28-29(25)19-30-14-15-32(2,3)4/h5-13,16-18H,1,14-15,19H2,2-4H3. The molecule has 0 unspecified atom stereocenters. The van der Waals surface area contributed by atoms with Crippen molar-refractivity contribution in [3.8, 4) is 22.9 Å². The second-order valence-electron chi connectivity index (χ2n) is 9.02. The zero-order valence-electron chi connectivity index (χ0n) is 18.9. The molecule has 0 N–H and O–H groups in total. The third kappa shape index (κ3) is 5.52. The molecule has 0 aliphatic rings. The summed E-state index contributed by atoms with van der Waals surface area (Å²) in [5.74, 6) is 1.30. The molecule has 0 saturated heterocycles. The normalized spacial score (nSPS) is 11.6. The fourth-order valence-electron chi connectivity index (χ4n) is 3.36. The summed E-state index contributed by atoms with van der Waals surface area (Å²) in [6.07, 6.45) is 5.44. The van der Waals surface area contributed by atoms with Gasteiger partial charge in [-0.1, -0.05) is 50.5 Å². The topological polar surface area (TPSA) is 49.2 Å². The molecule has 2 heterocycles. The molecule has 0 aliphatic carbocycles. The van der Waals surface area contributed by atoms with Gasteiger partial charge in [0, 0.05) is 38.7 Å². The highest BCUT2D eigenvalue weighted by atomic mass is 28.3. The van der Waals surface area contributed by atoms with Crippen molar-refractivity contribution in [3.63, 3.8) is 0 Å². The Kier molecular flexibility index (Phi) is 6.53. The van der Waals surface area contributed by atoms with E-state index in [1.165, 1.54) is 0 Å². The summed E-state index contributed by atoms with van der Waals surface area (Å²) >= 11 is 0.